The highest BCUT2D eigenvalue weighted by molar-refractivity contribution is 6.33. The molecule has 0 aliphatic carbocycles. The second kappa shape index (κ2) is 6.95. The fourth-order valence-electron chi connectivity index (χ4n) is 3.37. The van der Waals surface area contributed by atoms with Crippen molar-refractivity contribution < 1.29 is 9.18 Å². The van der Waals surface area contributed by atoms with Gasteiger partial charge in [0.05, 0.1) is 22.8 Å². The molecule has 24 heavy (non-hydrogen) atoms. The number of carbonyl (C=O) groups excluding carboxylic acids is 1. The molecule has 2 aromatic rings. The van der Waals surface area contributed by atoms with E-state index in [1.54, 1.807) is 0 Å². The second-order valence-electron chi connectivity index (χ2n) is 6.23. The van der Waals surface area contributed by atoms with Crippen molar-refractivity contribution in [3.05, 3.63) is 53.1 Å². The molecule has 2 atom stereocenters. The first-order valence-electron chi connectivity index (χ1n) is 8.10. The number of amides is 1. The molecule has 128 valence electrons. The zero-order valence-corrected chi connectivity index (χ0v) is 14.6. The SMILES string of the molecule is C[C@H](C(=O)Nc1ccc(F)cc1Cl)N1CCC[C@@H]1c1cccn1C. The van der Waals surface area contributed by atoms with Gasteiger partial charge in [0.25, 0.3) is 0 Å². The van der Waals surface area contributed by atoms with Crippen LogP contribution in [0.25, 0.3) is 0 Å². The fourth-order valence-corrected chi connectivity index (χ4v) is 3.58. The number of nitrogens with one attached hydrogen (secondary N) is 1. The monoisotopic (exact) mass is 349 g/mol. The van der Waals surface area contributed by atoms with Crippen LogP contribution in [0.3, 0.4) is 0 Å². The molecule has 0 unspecified atom stereocenters. The van der Waals surface area contributed by atoms with Crippen molar-refractivity contribution in [2.45, 2.75) is 31.8 Å². The highest BCUT2D eigenvalue weighted by atomic mass is 35.5. The number of aromatic nitrogens is 1. The Morgan fingerprint density at radius 3 is 2.88 bits per heavy atom. The molecule has 2 heterocycles. The van der Waals surface area contributed by atoms with E-state index in [0.717, 1.165) is 19.4 Å². The van der Waals surface area contributed by atoms with Crippen LogP contribution in [0, 0.1) is 5.82 Å². The number of carbonyl (C=O) groups is 1. The molecule has 1 aliphatic rings. The van der Waals surface area contributed by atoms with Gasteiger partial charge in [0, 0.05) is 18.9 Å². The van der Waals surface area contributed by atoms with Crippen molar-refractivity contribution in [3.8, 4) is 0 Å². The molecule has 0 bridgehead atoms. The standard InChI is InChI=1S/C18H21ClFN3O/c1-12(18(24)21-15-8-7-13(20)11-14(15)19)23-10-4-6-17(23)16-5-3-9-22(16)2/h3,5,7-9,11-12,17H,4,6,10H2,1-2H3,(H,21,24)/t12-,17-/m1/s1. The molecule has 1 fully saturated rings. The zero-order valence-electron chi connectivity index (χ0n) is 13.8. The average Bonchev–Trinajstić information content (AvgIpc) is 3.17. The zero-order chi connectivity index (χ0) is 17.3. The van der Waals surface area contributed by atoms with E-state index < -0.39 is 5.82 Å². The van der Waals surface area contributed by atoms with Crippen molar-refractivity contribution in [1.29, 1.82) is 0 Å². The molecule has 6 heteroatoms. The lowest BCUT2D eigenvalue weighted by atomic mass is 10.1. The van der Waals surface area contributed by atoms with Crippen LogP contribution >= 0.6 is 11.6 Å². The van der Waals surface area contributed by atoms with Gasteiger partial charge >= 0.3 is 0 Å². The summed E-state index contributed by atoms with van der Waals surface area (Å²) >= 11 is 6.00. The normalized spacial score (nSPS) is 19.4. The van der Waals surface area contributed by atoms with E-state index in [-0.39, 0.29) is 23.0 Å². The molecule has 4 nitrogen and oxygen atoms in total. The maximum atomic E-state index is 13.1. The van der Waals surface area contributed by atoms with Gasteiger partial charge in [-0.25, -0.2) is 4.39 Å². The van der Waals surface area contributed by atoms with Crippen molar-refractivity contribution in [2.24, 2.45) is 7.05 Å². The molecule has 0 spiro atoms. The van der Waals surface area contributed by atoms with Gasteiger partial charge in [-0.05, 0) is 56.6 Å². The third kappa shape index (κ3) is 3.32. The van der Waals surface area contributed by atoms with Crippen molar-refractivity contribution in [2.75, 3.05) is 11.9 Å². The Kier molecular flexibility index (Phi) is 4.92. The van der Waals surface area contributed by atoms with Crippen LogP contribution in [0.5, 0.6) is 0 Å². The van der Waals surface area contributed by atoms with Gasteiger partial charge in [0.15, 0.2) is 0 Å². The van der Waals surface area contributed by atoms with E-state index in [2.05, 4.69) is 20.9 Å². The number of benzene rings is 1. The average molecular weight is 350 g/mol. The molecule has 0 saturated carbocycles. The Labute approximate surface area is 146 Å². The quantitative estimate of drug-likeness (QED) is 0.906. The van der Waals surface area contributed by atoms with E-state index in [4.69, 9.17) is 11.6 Å². The molecular formula is C18H21ClFN3O. The minimum atomic E-state index is -0.422. The van der Waals surface area contributed by atoms with Gasteiger partial charge in [-0.2, -0.15) is 0 Å². The molecule has 0 radical (unpaired) electrons. The third-order valence-electron chi connectivity index (χ3n) is 4.69. The van der Waals surface area contributed by atoms with Crippen LogP contribution in [-0.4, -0.2) is 28.0 Å². The smallest absolute Gasteiger partial charge is 0.241 e. The van der Waals surface area contributed by atoms with Crippen LogP contribution in [0.15, 0.2) is 36.5 Å². The number of nitrogens with zero attached hydrogens (tertiary/aromatic N) is 2. The Hall–Kier alpha value is -1.85. The van der Waals surface area contributed by atoms with Crippen molar-refractivity contribution in [1.82, 2.24) is 9.47 Å². The second-order valence-corrected chi connectivity index (χ2v) is 6.64. The summed E-state index contributed by atoms with van der Waals surface area (Å²) in [6.07, 6.45) is 4.12. The largest absolute Gasteiger partial charge is 0.353 e. The Morgan fingerprint density at radius 1 is 1.42 bits per heavy atom. The molecule has 1 amide bonds. The molecule has 3 rings (SSSR count). The minimum absolute atomic E-state index is 0.135. The van der Waals surface area contributed by atoms with Gasteiger partial charge in [0.2, 0.25) is 5.91 Å². The van der Waals surface area contributed by atoms with E-state index in [1.165, 1.54) is 23.9 Å². The van der Waals surface area contributed by atoms with Crippen molar-refractivity contribution in [3.63, 3.8) is 0 Å². The summed E-state index contributed by atoms with van der Waals surface area (Å²) in [7, 11) is 2.02. The van der Waals surface area contributed by atoms with E-state index in [0.29, 0.717) is 5.69 Å². The molecule has 1 aliphatic heterocycles. The highest BCUT2D eigenvalue weighted by Crippen LogP contribution is 2.34. The molecular weight excluding hydrogens is 329 g/mol. The number of anilines is 1. The van der Waals surface area contributed by atoms with Crippen LogP contribution in [0.2, 0.25) is 5.02 Å². The lowest BCUT2D eigenvalue weighted by Crippen LogP contribution is -2.42. The number of hydrogen-bond acceptors (Lipinski definition) is 2. The van der Waals surface area contributed by atoms with E-state index in [1.807, 2.05) is 26.2 Å². The summed E-state index contributed by atoms with van der Waals surface area (Å²) in [5.74, 6) is -0.557. The molecule has 1 saturated heterocycles. The maximum absolute atomic E-state index is 13.1. The molecule has 1 N–H and O–H groups in total. The van der Waals surface area contributed by atoms with Gasteiger partial charge in [-0.15, -0.1) is 0 Å². The molecule has 1 aromatic heterocycles. The minimum Gasteiger partial charge on any atom is -0.353 e. The number of aryl methyl sites for hydroxylation is 1. The predicted octanol–water partition coefficient (Wildman–Crippen LogP) is 3.98. The van der Waals surface area contributed by atoms with E-state index >= 15 is 0 Å². The van der Waals surface area contributed by atoms with Crippen LogP contribution in [-0.2, 0) is 11.8 Å². The van der Waals surface area contributed by atoms with Gasteiger partial charge in [-0.3, -0.25) is 9.69 Å². The Bertz CT molecular complexity index is 746. The van der Waals surface area contributed by atoms with Gasteiger partial charge in [0.1, 0.15) is 5.82 Å². The van der Waals surface area contributed by atoms with Gasteiger partial charge < -0.3 is 9.88 Å². The summed E-state index contributed by atoms with van der Waals surface area (Å²) in [6.45, 7) is 2.77. The summed E-state index contributed by atoms with van der Waals surface area (Å²) in [5, 5.41) is 3.01. The Balaban J connectivity index is 1.74. The summed E-state index contributed by atoms with van der Waals surface area (Å²) in [6, 6.07) is 8.03. The number of hydrogen-bond donors (Lipinski definition) is 1. The first-order valence-corrected chi connectivity index (χ1v) is 8.48. The number of likely N-dealkylation sites (tertiary alicyclic amines) is 1. The highest BCUT2D eigenvalue weighted by Gasteiger charge is 2.34. The van der Waals surface area contributed by atoms with Crippen molar-refractivity contribution >= 4 is 23.2 Å². The molecule has 1 aromatic carbocycles. The maximum Gasteiger partial charge on any atom is 0.241 e. The summed E-state index contributed by atoms with van der Waals surface area (Å²) < 4.78 is 15.2. The first-order chi connectivity index (χ1) is 11.5. The van der Waals surface area contributed by atoms with Gasteiger partial charge in [-0.1, -0.05) is 11.6 Å². The topological polar surface area (TPSA) is 37.3 Å². The number of rotatable bonds is 4. The van der Waals surface area contributed by atoms with Crippen LogP contribution in [0.4, 0.5) is 10.1 Å². The van der Waals surface area contributed by atoms with E-state index in [9.17, 15) is 9.18 Å². The first kappa shape index (κ1) is 17.0. The van der Waals surface area contributed by atoms with Crippen LogP contribution in [0.1, 0.15) is 31.5 Å². The summed E-state index contributed by atoms with van der Waals surface area (Å²) in [5.41, 5.74) is 1.65. The van der Waals surface area contributed by atoms with Crippen LogP contribution < -0.4 is 5.32 Å². The summed E-state index contributed by atoms with van der Waals surface area (Å²) in [4.78, 5) is 14.8. The lowest BCUT2D eigenvalue weighted by Gasteiger charge is -2.30. The third-order valence-corrected chi connectivity index (χ3v) is 5.00. The fraction of sp³-hybridized carbons (Fsp3) is 0.389. The lowest BCUT2D eigenvalue weighted by molar-refractivity contribution is -0.121. The number of halogens is 2. The Morgan fingerprint density at radius 2 is 2.21 bits per heavy atom. The predicted molar refractivity (Wildman–Crippen MR) is 93.6 cm³/mol.